The second-order valence-corrected chi connectivity index (χ2v) is 32.2. The number of fused-ring (bicyclic) bond motifs is 24. The summed E-state index contributed by atoms with van der Waals surface area (Å²) in [6, 6.07) is 128. The zero-order chi connectivity index (χ0) is 83.6. The van der Waals surface area contributed by atoms with Crippen LogP contribution < -0.4 is 0 Å². The second-order valence-electron chi connectivity index (χ2n) is 31.2. The van der Waals surface area contributed by atoms with Crippen LogP contribution in [0.5, 0.6) is 0 Å². The van der Waals surface area contributed by atoms with Gasteiger partial charge < -0.3 is 8.83 Å². The molecule has 17 aromatic carbocycles. The van der Waals surface area contributed by atoms with Gasteiger partial charge in [-0.25, -0.2) is 44.4 Å². The first kappa shape index (κ1) is 72.5. The molecule has 0 atom stereocenters. The lowest BCUT2D eigenvalue weighted by molar-refractivity contribution is 0.670. The van der Waals surface area contributed by atoms with Gasteiger partial charge in [0, 0.05) is 96.6 Å². The monoisotopic (exact) mass is 1630 g/mol. The lowest BCUT2D eigenvalue weighted by atomic mass is 10.0. The maximum absolute atomic E-state index is 7.50. The first-order valence-electron chi connectivity index (χ1n) is 41.3. The van der Waals surface area contributed by atoms with Crippen molar-refractivity contribution in [2.24, 2.45) is 0 Å². The minimum Gasteiger partial charge on any atom is -0.454 e. The van der Waals surface area contributed by atoms with Gasteiger partial charge in [-0.3, -0.25) is 13.7 Å². The van der Waals surface area contributed by atoms with Crippen LogP contribution in [0.25, 0.3) is 251 Å². The summed E-state index contributed by atoms with van der Waals surface area (Å²) in [4.78, 5) is 41.9. The SMILES string of the molecule is [C-]#[N+]c1ccc(-c2ccc(-c3nc(-n4c5ccccc5c5ccc6c7ccccc7sc6c54)nc4ccccc34)cc2)cc1.[C-]#[N+]c1cccc(-c2ccc(-c3nc(-n4c5ccccc5c5ccc6c7ccccc7oc6c54)nc4ccccc34)cc2)c1.[C-]#[N+]c1cccc(-c2nc(-n3c4ccccc4c4ccc5c6ccccc6oc5c43)nc3ccccc23)c1. The molecule has 9 aromatic heterocycles. The average Bonchev–Trinajstić information content (AvgIpc) is 1.57. The van der Waals surface area contributed by atoms with E-state index in [1.54, 1.807) is 0 Å². The molecule has 126 heavy (non-hydrogen) atoms. The Morgan fingerprint density at radius 2 is 0.563 bits per heavy atom. The van der Waals surface area contributed by atoms with Crippen molar-refractivity contribution in [2.45, 2.75) is 0 Å². The minimum absolute atomic E-state index is 0.561. The molecule has 0 unspecified atom stereocenters. The average molecular weight is 1630 g/mol. The van der Waals surface area contributed by atoms with Gasteiger partial charge in [0.25, 0.3) is 0 Å². The molecule has 0 aliphatic heterocycles. The molecule has 0 amide bonds. The zero-order valence-corrected chi connectivity index (χ0v) is 67.7. The molecule has 0 N–H and O–H groups in total. The fraction of sp³-hybridized carbons (Fsp3) is 0. The van der Waals surface area contributed by atoms with Crippen molar-refractivity contribution in [2.75, 3.05) is 0 Å². The Morgan fingerprint density at radius 1 is 0.230 bits per heavy atom. The molecular weight excluding hydrogens is 1570 g/mol. The molecule has 0 aliphatic carbocycles. The molecular formula is C111H62N12O2S. The van der Waals surface area contributed by atoms with Crippen LogP contribution in [0.1, 0.15) is 0 Å². The summed E-state index contributed by atoms with van der Waals surface area (Å²) in [6.07, 6.45) is 0. The van der Waals surface area contributed by atoms with Gasteiger partial charge in [-0.1, -0.05) is 297 Å². The number of furan rings is 2. The van der Waals surface area contributed by atoms with Crippen LogP contribution in [0.15, 0.2) is 385 Å². The summed E-state index contributed by atoms with van der Waals surface area (Å²) < 4.78 is 22.1. The molecule has 9 heterocycles. The summed E-state index contributed by atoms with van der Waals surface area (Å²) in [7, 11) is 0. The fourth-order valence-electron chi connectivity index (χ4n) is 18.3. The van der Waals surface area contributed by atoms with Gasteiger partial charge in [-0.05, 0) is 107 Å². The van der Waals surface area contributed by atoms with Gasteiger partial charge in [0.2, 0.25) is 17.8 Å². The standard InChI is InChI=1S/C39H22N4O.C39H22N4S.C33H18N4O/c1-40-27-10-8-9-26(23-27)24-17-19-25(20-18-24)36-32-13-2-5-14-33(32)41-39(42-36)43-34-15-6-3-11-28(34)30-21-22-31-29-12-4-7-16-35(29)44-38(31)37(30)43;1-40-27-20-18-25(19-21-27)24-14-16-26(17-15-24)36-32-10-2-5-11-33(32)41-39(42-36)43-34-12-6-3-8-28(34)30-22-23-31-29-9-4-7-13-35(29)44-38(31)37(30)43;1-34-21-10-8-9-20(19-21)30-26-13-2-5-14-27(26)35-33(36-30)37-28-15-6-3-11-22(28)24-17-18-25-23-12-4-7-16-29(23)38-32(25)31(24)37/h2*2-23H;2-19H. The summed E-state index contributed by atoms with van der Waals surface area (Å²) in [5.41, 5.74) is 23.6. The van der Waals surface area contributed by atoms with E-state index in [0.717, 1.165) is 187 Å². The molecule has 0 bridgehead atoms. The number of rotatable bonds is 8. The highest BCUT2D eigenvalue weighted by Gasteiger charge is 2.27. The predicted molar refractivity (Wildman–Crippen MR) is 515 cm³/mol. The van der Waals surface area contributed by atoms with E-state index in [-0.39, 0.29) is 0 Å². The number of aromatic nitrogens is 9. The van der Waals surface area contributed by atoms with Gasteiger partial charge in [-0.15, -0.1) is 11.3 Å². The molecule has 0 radical (unpaired) electrons. The van der Waals surface area contributed by atoms with Crippen LogP contribution in [-0.4, -0.2) is 43.6 Å². The summed E-state index contributed by atoms with van der Waals surface area (Å²) in [5, 5.41) is 16.5. The van der Waals surface area contributed by atoms with Crippen molar-refractivity contribution in [3.8, 4) is 73.9 Å². The second kappa shape index (κ2) is 29.4. The third-order valence-electron chi connectivity index (χ3n) is 24.1. The molecule has 14 nitrogen and oxygen atoms in total. The maximum Gasteiger partial charge on any atom is 0.235 e. The molecule has 0 saturated carbocycles. The fourth-order valence-corrected chi connectivity index (χ4v) is 19.6. The molecule has 26 rings (SSSR count). The quantitative estimate of drug-likeness (QED) is 0.137. The van der Waals surface area contributed by atoms with Crippen molar-refractivity contribution < 1.29 is 8.83 Å². The van der Waals surface area contributed by atoms with E-state index in [1.165, 1.54) is 30.9 Å². The van der Waals surface area contributed by atoms with Crippen LogP contribution in [0, 0.1) is 19.7 Å². The summed E-state index contributed by atoms with van der Waals surface area (Å²) in [5.74, 6) is 1.81. The molecule has 0 saturated heterocycles. The van der Waals surface area contributed by atoms with Gasteiger partial charge in [0.05, 0.1) is 80.1 Å². The van der Waals surface area contributed by atoms with Crippen LogP contribution in [-0.2, 0) is 0 Å². The highest BCUT2D eigenvalue weighted by atomic mass is 32.1. The van der Waals surface area contributed by atoms with Gasteiger partial charge in [0.15, 0.2) is 28.2 Å². The topological polar surface area (TPSA) is 131 Å². The zero-order valence-electron chi connectivity index (χ0n) is 66.9. The molecule has 15 heteroatoms. The lowest BCUT2D eigenvalue weighted by Crippen LogP contribution is -2.03. The Labute approximate surface area is 722 Å². The van der Waals surface area contributed by atoms with E-state index in [2.05, 4.69) is 234 Å². The first-order valence-corrected chi connectivity index (χ1v) is 42.1. The molecule has 26 aromatic rings. The van der Waals surface area contributed by atoms with E-state index in [0.29, 0.717) is 34.9 Å². The van der Waals surface area contributed by atoms with Crippen molar-refractivity contribution in [3.05, 3.63) is 410 Å². The predicted octanol–water partition coefficient (Wildman–Crippen LogP) is 30.3. The Hall–Kier alpha value is -17.6. The van der Waals surface area contributed by atoms with Crippen LogP contribution in [0.3, 0.4) is 0 Å². The van der Waals surface area contributed by atoms with E-state index in [1.807, 2.05) is 181 Å². The Bertz CT molecular complexity index is 9170. The van der Waals surface area contributed by atoms with Gasteiger partial charge in [0.1, 0.15) is 22.2 Å². The Balaban J connectivity index is 0.000000106. The number of para-hydroxylation sites is 8. The summed E-state index contributed by atoms with van der Waals surface area (Å²) >= 11 is 1.83. The van der Waals surface area contributed by atoms with Crippen LogP contribution in [0.2, 0.25) is 0 Å². The van der Waals surface area contributed by atoms with Crippen LogP contribution >= 0.6 is 11.3 Å². The number of hydrogen-bond acceptors (Lipinski definition) is 9. The van der Waals surface area contributed by atoms with Crippen molar-refractivity contribution in [3.63, 3.8) is 0 Å². The van der Waals surface area contributed by atoms with E-state index < -0.39 is 0 Å². The number of benzene rings is 17. The minimum atomic E-state index is 0.561. The molecule has 584 valence electrons. The highest BCUT2D eigenvalue weighted by molar-refractivity contribution is 7.26. The largest absolute Gasteiger partial charge is 0.454 e. The van der Waals surface area contributed by atoms with Crippen molar-refractivity contribution in [1.29, 1.82) is 0 Å². The molecule has 0 aliphatic rings. The third kappa shape index (κ3) is 11.8. The van der Waals surface area contributed by atoms with E-state index in [9.17, 15) is 0 Å². The van der Waals surface area contributed by atoms with Crippen molar-refractivity contribution in [1.82, 2.24) is 43.6 Å². The molecule has 0 fully saturated rings. The normalized spacial score (nSPS) is 11.6. The van der Waals surface area contributed by atoms with E-state index >= 15 is 0 Å². The number of nitrogens with zero attached hydrogens (tertiary/aromatic N) is 12. The number of hydrogen-bond donors (Lipinski definition) is 0. The number of thiophene rings is 1. The first-order chi connectivity index (χ1) is 62.3. The smallest absolute Gasteiger partial charge is 0.235 e. The van der Waals surface area contributed by atoms with Crippen LogP contribution in [0.4, 0.5) is 17.1 Å². The van der Waals surface area contributed by atoms with Gasteiger partial charge in [-0.2, -0.15) is 0 Å². The lowest BCUT2D eigenvalue weighted by Gasteiger charge is -2.12. The van der Waals surface area contributed by atoms with Crippen molar-refractivity contribution >= 4 is 191 Å². The summed E-state index contributed by atoms with van der Waals surface area (Å²) in [6.45, 7) is 22.1. The van der Waals surface area contributed by atoms with E-state index in [4.69, 9.17) is 58.5 Å². The highest BCUT2D eigenvalue weighted by Crippen LogP contribution is 2.47. The maximum atomic E-state index is 7.50. The Kier molecular flexibility index (Phi) is 16.9. The Morgan fingerprint density at radius 3 is 1.02 bits per heavy atom. The third-order valence-corrected chi connectivity index (χ3v) is 25.3. The molecule has 0 spiro atoms. The van der Waals surface area contributed by atoms with Gasteiger partial charge >= 0.3 is 0 Å².